The van der Waals surface area contributed by atoms with Gasteiger partial charge in [-0.2, -0.15) is 4.98 Å². The molecule has 0 aliphatic heterocycles. The van der Waals surface area contributed by atoms with Crippen LogP contribution in [0.1, 0.15) is 0 Å². The number of benzene rings is 4. The summed E-state index contributed by atoms with van der Waals surface area (Å²) in [5.74, 6) is -0.679. The van der Waals surface area contributed by atoms with Crippen molar-refractivity contribution in [3.63, 3.8) is 0 Å². The van der Waals surface area contributed by atoms with E-state index in [2.05, 4.69) is 10.1 Å². The fourth-order valence-electron chi connectivity index (χ4n) is 3.57. The van der Waals surface area contributed by atoms with Gasteiger partial charge in [-0.3, -0.25) is 0 Å². The van der Waals surface area contributed by atoms with Gasteiger partial charge in [0.15, 0.2) is 0 Å². The van der Waals surface area contributed by atoms with Crippen molar-refractivity contribution in [3.8, 4) is 39.7 Å². The molecule has 0 fully saturated rings. The Labute approximate surface area is 186 Å². The molecular weight excluding hydrogens is 438 g/mol. The normalized spacial score (nSPS) is 11.2. The van der Waals surface area contributed by atoms with E-state index < -0.39 is 5.82 Å². The van der Waals surface area contributed by atoms with Gasteiger partial charge in [-0.15, -0.1) is 0 Å². The Kier molecular flexibility index (Phi) is 4.85. The summed E-state index contributed by atoms with van der Waals surface area (Å²) in [7, 11) is 0. The van der Waals surface area contributed by atoms with Gasteiger partial charge in [0.2, 0.25) is 5.82 Å². The number of hydrogen-bond acceptors (Lipinski definition) is 4. The zero-order chi connectivity index (χ0) is 21.5. The average molecular weight is 451 g/mol. The molecule has 4 aromatic carbocycles. The number of fused-ring (bicyclic) bond motifs is 1. The van der Waals surface area contributed by atoms with E-state index in [-0.39, 0.29) is 33.6 Å². The molecule has 0 unspecified atom stereocenters. The quantitative estimate of drug-likeness (QED) is 0.311. The van der Waals surface area contributed by atoms with Crippen LogP contribution in [0.25, 0.3) is 44.7 Å². The van der Waals surface area contributed by atoms with E-state index in [1.807, 2.05) is 42.5 Å². The minimum absolute atomic E-state index is 0.00119. The molecule has 0 saturated heterocycles. The molecular formula is C24H13Cl2FN2O2. The number of halogens is 3. The zero-order valence-electron chi connectivity index (χ0n) is 15.8. The number of aromatic hydroxyl groups is 1. The molecule has 7 heteroatoms. The zero-order valence-corrected chi connectivity index (χ0v) is 17.3. The summed E-state index contributed by atoms with van der Waals surface area (Å²) < 4.78 is 19.5. The summed E-state index contributed by atoms with van der Waals surface area (Å²) >= 11 is 12.5. The summed E-state index contributed by atoms with van der Waals surface area (Å²) in [5.41, 5.74) is 1.59. The average Bonchev–Trinajstić information content (AvgIpc) is 3.24. The van der Waals surface area contributed by atoms with Gasteiger partial charge in [-0.05, 0) is 40.6 Å². The van der Waals surface area contributed by atoms with E-state index in [0.29, 0.717) is 10.6 Å². The van der Waals surface area contributed by atoms with Crippen molar-refractivity contribution in [2.24, 2.45) is 0 Å². The maximum absolute atomic E-state index is 14.2. The highest BCUT2D eigenvalue weighted by atomic mass is 35.5. The molecule has 0 aliphatic rings. The van der Waals surface area contributed by atoms with E-state index in [1.54, 1.807) is 6.07 Å². The van der Waals surface area contributed by atoms with Crippen molar-refractivity contribution in [1.29, 1.82) is 0 Å². The SMILES string of the molecule is Oc1c(-c2noc(-c3c(F)cccc3Cl)n2)cc(Cl)cc1-c1cccc2ccccc12. The maximum Gasteiger partial charge on any atom is 0.262 e. The third-order valence-electron chi connectivity index (χ3n) is 5.00. The second-order valence-corrected chi connectivity index (χ2v) is 7.74. The van der Waals surface area contributed by atoms with Crippen molar-refractivity contribution >= 4 is 34.0 Å². The molecule has 0 radical (unpaired) electrons. The van der Waals surface area contributed by atoms with Crippen LogP contribution in [0.15, 0.2) is 77.3 Å². The van der Waals surface area contributed by atoms with E-state index in [4.69, 9.17) is 27.7 Å². The van der Waals surface area contributed by atoms with Gasteiger partial charge in [0.25, 0.3) is 5.89 Å². The number of hydrogen-bond donors (Lipinski definition) is 1. The molecule has 0 bridgehead atoms. The fraction of sp³-hybridized carbons (Fsp3) is 0. The van der Waals surface area contributed by atoms with E-state index in [0.717, 1.165) is 16.3 Å². The highest BCUT2D eigenvalue weighted by Gasteiger charge is 2.21. The number of aromatic nitrogens is 2. The van der Waals surface area contributed by atoms with Crippen LogP contribution >= 0.6 is 23.2 Å². The van der Waals surface area contributed by atoms with Crippen LogP contribution in [0.3, 0.4) is 0 Å². The molecule has 0 atom stereocenters. The molecule has 0 saturated carbocycles. The number of nitrogens with zero attached hydrogens (tertiary/aromatic N) is 2. The van der Waals surface area contributed by atoms with Gasteiger partial charge < -0.3 is 9.63 Å². The third-order valence-corrected chi connectivity index (χ3v) is 5.53. The second-order valence-electron chi connectivity index (χ2n) is 6.90. The minimum Gasteiger partial charge on any atom is -0.507 e. The second kappa shape index (κ2) is 7.69. The molecule has 152 valence electrons. The van der Waals surface area contributed by atoms with Crippen molar-refractivity contribution in [2.45, 2.75) is 0 Å². The van der Waals surface area contributed by atoms with Gasteiger partial charge in [0.05, 0.1) is 16.1 Å². The van der Waals surface area contributed by atoms with Crippen molar-refractivity contribution in [3.05, 3.63) is 88.7 Å². The van der Waals surface area contributed by atoms with Crippen LogP contribution in [-0.2, 0) is 0 Å². The Morgan fingerprint density at radius 2 is 1.58 bits per heavy atom. The standard InChI is InChI=1S/C24H13Cl2FN2O2/c25-14-11-17(16-8-3-6-13-5-1-2-7-15(13)16)22(30)18(12-14)23-28-24(31-29-23)21-19(26)9-4-10-20(21)27/h1-12,30H. The summed E-state index contributed by atoms with van der Waals surface area (Å²) in [6.45, 7) is 0. The number of phenolic OH excluding ortho intramolecular Hbond substituents is 1. The van der Waals surface area contributed by atoms with Gasteiger partial charge in [-0.1, -0.05) is 76.9 Å². The molecule has 5 rings (SSSR count). The highest BCUT2D eigenvalue weighted by Crippen LogP contribution is 2.42. The Hall–Kier alpha value is -3.41. The molecule has 5 aromatic rings. The van der Waals surface area contributed by atoms with E-state index >= 15 is 0 Å². The monoisotopic (exact) mass is 450 g/mol. The summed E-state index contributed by atoms with van der Waals surface area (Å²) in [4.78, 5) is 4.25. The Bertz CT molecular complexity index is 1420. The largest absolute Gasteiger partial charge is 0.507 e. The van der Waals surface area contributed by atoms with Gasteiger partial charge >= 0.3 is 0 Å². The number of rotatable bonds is 3. The topological polar surface area (TPSA) is 59.2 Å². The van der Waals surface area contributed by atoms with Gasteiger partial charge in [0.1, 0.15) is 11.6 Å². The smallest absolute Gasteiger partial charge is 0.262 e. The molecule has 1 heterocycles. The van der Waals surface area contributed by atoms with Gasteiger partial charge in [-0.25, -0.2) is 4.39 Å². The minimum atomic E-state index is -0.588. The first-order valence-electron chi connectivity index (χ1n) is 9.32. The summed E-state index contributed by atoms with van der Waals surface area (Å²) in [6, 6.07) is 21.1. The van der Waals surface area contributed by atoms with Crippen LogP contribution in [0, 0.1) is 5.82 Å². The van der Waals surface area contributed by atoms with Crippen LogP contribution in [-0.4, -0.2) is 15.2 Å². The Morgan fingerprint density at radius 3 is 2.42 bits per heavy atom. The van der Waals surface area contributed by atoms with E-state index in [9.17, 15) is 9.50 Å². The Balaban J connectivity index is 1.68. The molecule has 1 N–H and O–H groups in total. The maximum atomic E-state index is 14.2. The first kappa shape index (κ1) is 19.5. The molecule has 31 heavy (non-hydrogen) atoms. The van der Waals surface area contributed by atoms with Gasteiger partial charge in [0, 0.05) is 10.6 Å². The van der Waals surface area contributed by atoms with E-state index in [1.165, 1.54) is 24.3 Å². The van der Waals surface area contributed by atoms with Crippen molar-refractivity contribution < 1.29 is 14.0 Å². The lowest BCUT2D eigenvalue weighted by Crippen LogP contribution is -1.89. The molecule has 0 spiro atoms. The van der Waals surface area contributed by atoms with Crippen LogP contribution < -0.4 is 0 Å². The van der Waals surface area contributed by atoms with Crippen LogP contribution in [0.4, 0.5) is 4.39 Å². The number of phenols is 1. The summed E-state index contributed by atoms with van der Waals surface area (Å²) in [6.07, 6.45) is 0. The molecule has 0 aliphatic carbocycles. The predicted molar refractivity (Wildman–Crippen MR) is 120 cm³/mol. The lowest BCUT2D eigenvalue weighted by Gasteiger charge is -2.11. The first-order chi connectivity index (χ1) is 15.0. The van der Waals surface area contributed by atoms with Crippen molar-refractivity contribution in [1.82, 2.24) is 10.1 Å². The van der Waals surface area contributed by atoms with Crippen LogP contribution in [0.5, 0.6) is 5.75 Å². The molecule has 0 amide bonds. The van der Waals surface area contributed by atoms with Crippen molar-refractivity contribution in [2.75, 3.05) is 0 Å². The highest BCUT2D eigenvalue weighted by molar-refractivity contribution is 6.33. The lowest BCUT2D eigenvalue weighted by atomic mass is 9.96. The summed E-state index contributed by atoms with van der Waals surface area (Å²) in [5, 5.41) is 17.5. The fourth-order valence-corrected chi connectivity index (χ4v) is 4.03. The predicted octanol–water partition coefficient (Wildman–Crippen LogP) is 7.38. The first-order valence-corrected chi connectivity index (χ1v) is 10.1. The third kappa shape index (κ3) is 3.42. The molecule has 4 nitrogen and oxygen atoms in total. The Morgan fingerprint density at radius 1 is 0.839 bits per heavy atom. The van der Waals surface area contributed by atoms with Crippen LogP contribution in [0.2, 0.25) is 10.0 Å². The lowest BCUT2D eigenvalue weighted by molar-refractivity contribution is 0.428. The molecule has 1 aromatic heterocycles.